The lowest BCUT2D eigenvalue weighted by Gasteiger charge is -2.22. The smallest absolute Gasteiger partial charge is 0.163 e. The van der Waals surface area contributed by atoms with Gasteiger partial charge in [0.15, 0.2) is 5.82 Å². The van der Waals surface area contributed by atoms with Crippen molar-refractivity contribution in [3.8, 4) is 28.4 Å². The maximum atomic E-state index is 10.0. The predicted octanol–water partition coefficient (Wildman–Crippen LogP) is 3.89. The van der Waals surface area contributed by atoms with Gasteiger partial charge in [-0.2, -0.15) is 5.10 Å². The van der Waals surface area contributed by atoms with Gasteiger partial charge in [-0.25, -0.2) is 9.97 Å². The largest absolute Gasteiger partial charge is 0.491 e. The first-order chi connectivity index (χ1) is 17.8. The Balaban J connectivity index is 1.60. The van der Waals surface area contributed by atoms with E-state index in [-0.39, 0.29) is 6.61 Å². The van der Waals surface area contributed by atoms with Gasteiger partial charge in [-0.1, -0.05) is 16.8 Å². The van der Waals surface area contributed by atoms with Crippen LogP contribution >= 0.6 is 11.6 Å². The van der Waals surface area contributed by atoms with Crippen LogP contribution in [0.1, 0.15) is 34.0 Å². The van der Waals surface area contributed by atoms with Crippen LogP contribution in [0.15, 0.2) is 22.7 Å². The minimum absolute atomic E-state index is 0.143. The van der Waals surface area contributed by atoms with Crippen LogP contribution in [0.2, 0.25) is 5.02 Å². The number of nitrogens with one attached hydrogen (secondary N) is 2. The minimum atomic E-state index is -0.637. The number of aromatic nitrogens is 5. The Morgan fingerprint density at radius 1 is 1.22 bits per heavy atom. The number of ether oxygens (including phenoxy) is 1. The summed E-state index contributed by atoms with van der Waals surface area (Å²) < 4.78 is 11.3. The lowest BCUT2D eigenvalue weighted by atomic mass is 10.0. The third kappa shape index (κ3) is 4.79. The third-order valence-corrected chi connectivity index (χ3v) is 6.93. The van der Waals surface area contributed by atoms with Crippen LogP contribution in [0.3, 0.4) is 0 Å². The predicted molar refractivity (Wildman–Crippen MR) is 141 cm³/mol. The van der Waals surface area contributed by atoms with Crippen LogP contribution < -0.4 is 15.0 Å². The number of H-pyrrole nitrogens is 1. The molecule has 0 aliphatic carbocycles. The topological polar surface area (TPSA) is 125 Å². The van der Waals surface area contributed by atoms with Gasteiger partial charge in [0.25, 0.3) is 0 Å². The molecular weight excluding hydrogens is 494 g/mol. The molecule has 4 aromatic rings. The number of hydrogen-bond acceptors (Lipinski definition) is 9. The molecule has 0 fully saturated rings. The van der Waals surface area contributed by atoms with Crippen LogP contribution in [0, 0.1) is 27.7 Å². The van der Waals surface area contributed by atoms with Gasteiger partial charge in [0.05, 0.1) is 34.2 Å². The monoisotopic (exact) mass is 523 g/mol. The summed E-state index contributed by atoms with van der Waals surface area (Å²) in [5.74, 6) is 2.51. The summed E-state index contributed by atoms with van der Waals surface area (Å²) in [6.07, 6.45) is -0.637. The van der Waals surface area contributed by atoms with Crippen molar-refractivity contribution in [1.29, 1.82) is 0 Å². The minimum Gasteiger partial charge on any atom is -0.491 e. The Labute approximate surface area is 220 Å². The van der Waals surface area contributed by atoms with Crippen LogP contribution in [-0.2, 0) is 13.1 Å². The lowest BCUT2D eigenvalue weighted by molar-refractivity contribution is 0.108. The Bertz CT molecular complexity index is 1430. The van der Waals surface area contributed by atoms with Crippen LogP contribution in [0.4, 0.5) is 5.82 Å². The molecule has 1 aliphatic rings. The van der Waals surface area contributed by atoms with Crippen molar-refractivity contribution in [2.45, 2.75) is 46.9 Å². The molecule has 1 atom stereocenters. The van der Waals surface area contributed by atoms with Gasteiger partial charge in [-0.3, -0.25) is 5.10 Å². The fourth-order valence-electron chi connectivity index (χ4n) is 4.67. The molecule has 0 unspecified atom stereocenters. The van der Waals surface area contributed by atoms with Crippen molar-refractivity contribution in [3.05, 3.63) is 57.2 Å². The highest BCUT2D eigenvalue weighted by atomic mass is 35.5. The van der Waals surface area contributed by atoms with E-state index in [1.165, 1.54) is 5.56 Å². The normalized spacial score (nSPS) is 13.8. The van der Waals surface area contributed by atoms with Crippen molar-refractivity contribution >= 4 is 17.4 Å². The van der Waals surface area contributed by atoms with Gasteiger partial charge >= 0.3 is 0 Å². The first-order valence-corrected chi connectivity index (χ1v) is 12.5. The van der Waals surface area contributed by atoms with Crippen molar-refractivity contribution in [2.24, 2.45) is 0 Å². The Morgan fingerprint density at radius 3 is 2.73 bits per heavy atom. The first kappa shape index (κ1) is 25.2. The number of aliphatic hydroxyl groups excluding tert-OH is 1. The number of halogens is 1. The summed E-state index contributed by atoms with van der Waals surface area (Å²) in [7, 11) is 1.78. The summed E-state index contributed by atoms with van der Waals surface area (Å²) in [5, 5.41) is 25.1. The van der Waals surface area contributed by atoms with Gasteiger partial charge < -0.3 is 24.6 Å². The van der Waals surface area contributed by atoms with Gasteiger partial charge in [-0.15, -0.1) is 0 Å². The average Bonchev–Trinajstić information content (AvgIpc) is 3.55. The fourth-order valence-corrected chi connectivity index (χ4v) is 4.87. The number of hydrogen-bond donors (Lipinski definition) is 3. The highest BCUT2D eigenvalue weighted by molar-refractivity contribution is 6.33. The number of benzene rings is 1. The van der Waals surface area contributed by atoms with Gasteiger partial charge in [0.1, 0.15) is 30.0 Å². The highest BCUT2D eigenvalue weighted by Gasteiger charge is 2.29. The summed E-state index contributed by atoms with van der Waals surface area (Å²) in [6, 6.07) is 5.33. The second-order valence-corrected chi connectivity index (χ2v) is 9.74. The van der Waals surface area contributed by atoms with E-state index in [9.17, 15) is 5.11 Å². The number of fused-ring (bicyclic) bond motifs is 1. The summed E-state index contributed by atoms with van der Waals surface area (Å²) in [6.45, 7) is 9.72. The van der Waals surface area contributed by atoms with E-state index in [1.807, 2.05) is 27.7 Å². The molecule has 4 heterocycles. The molecule has 194 valence electrons. The third-order valence-electron chi connectivity index (χ3n) is 6.60. The quantitative estimate of drug-likeness (QED) is 0.315. The van der Waals surface area contributed by atoms with Crippen LogP contribution in [0.25, 0.3) is 22.6 Å². The first-order valence-electron chi connectivity index (χ1n) is 12.1. The SMILES string of the molecule is CNC[C@@H](O)COc1ccc(Cl)c(-c2nc(-c3c(C)noc3C)c(C)c(N3Cc4n[nH]c(C)c4C3)n2)c1. The maximum absolute atomic E-state index is 10.0. The number of anilines is 1. The number of rotatable bonds is 8. The number of aliphatic hydroxyl groups is 1. The van der Waals surface area contributed by atoms with E-state index in [0.29, 0.717) is 47.6 Å². The molecule has 1 aliphatic heterocycles. The van der Waals surface area contributed by atoms with Gasteiger partial charge in [-0.05, 0) is 52.9 Å². The van der Waals surface area contributed by atoms with Gasteiger partial charge in [0, 0.05) is 35.5 Å². The van der Waals surface area contributed by atoms with E-state index < -0.39 is 6.10 Å². The van der Waals surface area contributed by atoms with E-state index in [1.54, 1.807) is 25.2 Å². The van der Waals surface area contributed by atoms with E-state index in [0.717, 1.165) is 39.7 Å². The molecule has 0 saturated heterocycles. The van der Waals surface area contributed by atoms with Crippen molar-refractivity contribution in [1.82, 2.24) is 30.6 Å². The lowest BCUT2D eigenvalue weighted by Crippen LogP contribution is -2.29. The Kier molecular flexibility index (Phi) is 6.89. The molecule has 0 bridgehead atoms. The standard InChI is InChI=1S/C26H30ClN7O3/c1-13-24(23-15(3)33-37-16(23)4)29-25(30-26(13)34-10-20-14(2)31-32-22(20)11-34)19-8-18(6-7-21(19)27)36-12-17(35)9-28-5/h6-8,17,28,35H,9-12H2,1-5H3,(H,31,32)/t17-/m1/s1. The van der Waals surface area contributed by atoms with Crippen molar-refractivity contribution in [3.63, 3.8) is 0 Å². The zero-order valence-corrected chi connectivity index (χ0v) is 22.3. The Hall–Kier alpha value is -3.47. The van der Waals surface area contributed by atoms with Crippen LogP contribution in [-0.4, -0.2) is 56.7 Å². The molecule has 37 heavy (non-hydrogen) atoms. The summed E-state index contributed by atoms with van der Waals surface area (Å²) >= 11 is 6.66. The molecule has 10 nitrogen and oxygen atoms in total. The number of nitrogens with zero attached hydrogens (tertiary/aromatic N) is 5. The van der Waals surface area contributed by atoms with E-state index in [2.05, 4.69) is 25.6 Å². The summed E-state index contributed by atoms with van der Waals surface area (Å²) in [5.41, 5.74) is 7.15. The summed E-state index contributed by atoms with van der Waals surface area (Å²) in [4.78, 5) is 12.2. The molecule has 0 spiro atoms. The maximum Gasteiger partial charge on any atom is 0.163 e. The molecule has 3 aromatic heterocycles. The second-order valence-electron chi connectivity index (χ2n) is 9.34. The zero-order chi connectivity index (χ0) is 26.3. The van der Waals surface area contributed by atoms with Crippen molar-refractivity contribution < 1.29 is 14.4 Å². The number of aromatic amines is 1. The second kappa shape index (κ2) is 10.1. The molecular formula is C26H30ClN7O3. The van der Waals surface area contributed by atoms with Crippen LogP contribution in [0.5, 0.6) is 5.75 Å². The molecule has 5 rings (SSSR count). The molecule has 1 aromatic carbocycles. The fraction of sp³-hybridized carbons (Fsp3) is 0.385. The van der Waals surface area contributed by atoms with Gasteiger partial charge in [0.2, 0.25) is 0 Å². The Morgan fingerprint density at radius 2 is 2.03 bits per heavy atom. The molecule has 0 amide bonds. The molecule has 11 heteroatoms. The average molecular weight is 524 g/mol. The molecule has 0 saturated carbocycles. The highest BCUT2D eigenvalue weighted by Crippen LogP contribution is 2.39. The van der Waals surface area contributed by atoms with Crippen molar-refractivity contribution in [2.75, 3.05) is 25.1 Å². The number of aryl methyl sites for hydroxylation is 3. The number of likely N-dealkylation sites (N-methyl/N-ethyl adjacent to an activating group) is 1. The molecule has 3 N–H and O–H groups in total. The zero-order valence-electron chi connectivity index (χ0n) is 21.5. The molecule has 0 radical (unpaired) electrons. The van der Waals surface area contributed by atoms with E-state index in [4.69, 9.17) is 30.8 Å². The van der Waals surface area contributed by atoms with E-state index >= 15 is 0 Å².